The first-order valence-electron chi connectivity index (χ1n) is 9.99. The Kier molecular flexibility index (Phi) is 5.40. The Morgan fingerprint density at radius 2 is 2.10 bits per heavy atom. The monoisotopic (exact) mass is 416 g/mol. The quantitative estimate of drug-likeness (QED) is 0.445. The normalized spacial score (nSPS) is 11.6. The van der Waals surface area contributed by atoms with Crippen molar-refractivity contribution in [2.75, 3.05) is 18.5 Å². The van der Waals surface area contributed by atoms with Gasteiger partial charge in [0.15, 0.2) is 0 Å². The van der Waals surface area contributed by atoms with Crippen LogP contribution >= 0.6 is 0 Å². The van der Waals surface area contributed by atoms with Crippen molar-refractivity contribution in [3.05, 3.63) is 43.0 Å². The van der Waals surface area contributed by atoms with Crippen LogP contribution < -0.4 is 5.32 Å². The van der Waals surface area contributed by atoms with E-state index >= 15 is 0 Å². The highest BCUT2D eigenvalue weighted by Crippen LogP contribution is 2.33. The number of pyridine rings is 1. The minimum absolute atomic E-state index is 0.0621. The van der Waals surface area contributed by atoms with Gasteiger partial charge in [0.05, 0.1) is 41.4 Å². The highest BCUT2D eigenvalue weighted by molar-refractivity contribution is 5.85. The summed E-state index contributed by atoms with van der Waals surface area (Å²) in [5, 5.41) is 26.5. The fourth-order valence-electron chi connectivity index (χ4n) is 3.25. The molecular weight excluding hydrogens is 392 g/mol. The summed E-state index contributed by atoms with van der Waals surface area (Å²) in [6.45, 7) is 4.24. The zero-order valence-electron chi connectivity index (χ0n) is 17.7. The molecule has 0 aromatic carbocycles. The molecule has 0 fully saturated rings. The summed E-state index contributed by atoms with van der Waals surface area (Å²) in [5.41, 5.74) is 4.40. The maximum atomic E-state index is 9.86. The molecule has 9 nitrogen and oxygen atoms in total. The van der Waals surface area contributed by atoms with E-state index < -0.39 is 5.54 Å². The van der Waals surface area contributed by atoms with Crippen LogP contribution in [-0.4, -0.2) is 47.6 Å². The van der Waals surface area contributed by atoms with Gasteiger partial charge in [-0.05, 0) is 32.0 Å². The summed E-state index contributed by atoms with van der Waals surface area (Å²) in [7, 11) is 1.98. The zero-order chi connectivity index (χ0) is 22.0. The third-order valence-electron chi connectivity index (χ3n) is 5.18. The molecule has 0 bridgehead atoms. The molecule has 31 heavy (non-hydrogen) atoms. The van der Waals surface area contributed by atoms with Gasteiger partial charge in [-0.15, -0.1) is 0 Å². The van der Waals surface area contributed by atoms with Gasteiger partial charge in [-0.25, -0.2) is 9.97 Å². The number of nitriles is 1. The minimum atomic E-state index is -0.587. The lowest BCUT2D eigenvalue weighted by atomic mass is 10.1. The lowest BCUT2D eigenvalue weighted by Crippen LogP contribution is -2.30. The Bertz CT molecular complexity index is 1260. The highest BCUT2D eigenvalue weighted by atomic mass is 16.3. The molecule has 9 heteroatoms. The number of hydrogen-bond acceptors (Lipinski definition) is 7. The molecule has 0 amide bonds. The standard InChI is InChI=1S/C22H24N8O/c1-22(2,14-31)30-13-16(17-5-9-25-21(27-17)24-8-4-7-23)20(28-30)15-11-19-18(26-12-15)6-10-29(19)3/h5-6,9-13,31H,4,8,14H2,1-3H3,(H,24,25,27). The van der Waals surface area contributed by atoms with E-state index in [1.165, 1.54) is 0 Å². The van der Waals surface area contributed by atoms with E-state index in [0.717, 1.165) is 27.9 Å². The number of aromatic nitrogens is 6. The lowest BCUT2D eigenvalue weighted by molar-refractivity contribution is 0.152. The first kappa shape index (κ1) is 20.5. The van der Waals surface area contributed by atoms with Crippen molar-refractivity contribution in [3.8, 4) is 28.6 Å². The van der Waals surface area contributed by atoms with E-state index in [4.69, 9.17) is 10.4 Å². The summed E-state index contributed by atoms with van der Waals surface area (Å²) in [4.78, 5) is 13.4. The van der Waals surface area contributed by atoms with E-state index in [9.17, 15) is 5.11 Å². The molecule has 0 saturated carbocycles. The third kappa shape index (κ3) is 3.98. The number of aryl methyl sites for hydroxylation is 1. The molecule has 0 radical (unpaired) electrons. The highest BCUT2D eigenvalue weighted by Gasteiger charge is 2.24. The molecule has 4 rings (SSSR count). The second kappa shape index (κ2) is 8.16. The molecule has 0 spiro atoms. The molecule has 4 heterocycles. The van der Waals surface area contributed by atoms with Crippen LogP contribution in [0, 0.1) is 11.3 Å². The van der Waals surface area contributed by atoms with Crippen molar-refractivity contribution >= 4 is 17.0 Å². The largest absolute Gasteiger partial charge is 0.394 e. The molecule has 0 unspecified atom stereocenters. The molecule has 0 aliphatic heterocycles. The number of nitrogens with zero attached hydrogens (tertiary/aromatic N) is 7. The van der Waals surface area contributed by atoms with Crippen molar-refractivity contribution in [1.82, 2.24) is 29.3 Å². The molecule has 0 atom stereocenters. The summed E-state index contributed by atoms with van der Waals surface area (Å²) in [5.74, 6) is 0.448. The maximum absolute atomic E-state index is 9.86. The van der Waals surface area contributed by atoms with E-state index in [1.54, 1.807) is 17.1 Å². The van der Waals surface area contributed by atoms with E-state index in [1.807, 2.05) is 50.0 Å². The van der Waals surface area contributed by atoms with Gasteiger partial charge in [0, 0.05) is 49.5 Å². The van der Waals surface area contributed by atoms with Crippen LogP contribution in [0.15, 0.2) is 43.0 Å². The number of nitrogens with one attached hydrogen (secondary N) is 1. The maximum Gasteiger partial charge on any atom is 0.223 e. The van der Waals surface area contributed by atoms with Crippen LogP contribution in [0.3, 0.4) is 0 Å². The van der Waals surface area contributed by atoms with Crippen molar-refractivity contribution in [2.45, 2.75) is 25.8 Å². The number of fused-ring (bicyclic) bond motifs is 1. The number of hydrogen-bond donors (Lipinski definition) is 2. The first-order chi connectivity index (χ1) is 14.9. The second-order valence-electron chi connectivity index (χ2n) is 7.96. The third-order valence-corrected chi connectivity index (χ3v) is 5.18. The first-order valence-corrected chi connectivity index (χ1v) is 9.99. The lowest BCUT2D eigenvalue weighted by Gasteiger charge is -2.22. The number of rotatable bonds is 7. The van der Waals surface area contributed by atoms with Gasteiger partial charge in [-0.3, -0.25) is 9.67 Å². The van der Waals surface area contributed by atoms with Gasteiger partial charge in [-0.2, -0.15) is 10.4 Å². The van der Waals surface area contributed by atoms with E-state index in [-0.39, 0.29) is 6.61 Å². The summed E-state index contributed by atoms with van der Waals surface area (Å²) < 4.78 is 3.78. The average molecular weight is 416 g/mol. The number of aliphatic hydroxyl groups is 1. The Hall–Kier alpha value is -3.77. The van der Waals surface area contributed by atoms with Gasteiger partial charge < -0.3 is 15.0 Å². The van der Waals surface area contributed by atoms with Crippen LogP contribution in [0.4, 0.5) is 5.95 Å². The fraction of sp³-hybridized carbons (Fsp3) is 0.318. The minimum Gasteiger partial charge on any atom is -0.394 e. The topological polar surface area (TPSA) is 117 Å². The average Bonchev–Trinajstić information content (AvgIpc) is 3.39. The van der Waals surface area contributed by atoms with Crippen LogP contribution in [0.5, 0.6) is 0 Å². The SMILES string of the molecule is Cn1ccc2ncc(-c3nn(C(C)(C)CO)cc3-c3ccnc(NCCC#N)n3)cc21. The Labute approximate surface area is 180 Å². The van der Waals surface area contributed by atoms with Gasteiger partial charge in [0.2, 0.25) is 5.95 Å². The second-order valence-corrected chi connectivity index (χ2v) is 7.96. The molecule has 2 N–H and O–H groups in total. The van der Waals surface area contributed by atoms with Crippen molar-refractivity contribution < 1.29 is 5.11 Å². The predicted octanol–water partition coefficient (Wildman–Crippen LogP) is 2.95. The Balaban J connectivity index is 1.84. The summed E-state index contributed by atoms with van der Waals surface area (Å²) in [6.07, 6.45) is 7.71. The smallest absolute Gasteiger partial charge is 0.223 e. The van der Waals surface area contributed by atoms with Crippen molar-refractivity contribution in [1.29, 1.82) is 5.26 Å². The van der Waals surface area contributed by atoms with E-state index in [2.05, 4.69) is 32.4 Å². The van der Waals surface area contributed by atoms with Gasteiger partial charge in [0.25, 0.3) is 0 Å². The summed E-state index contributed by atoms with van der Waals surface area (Å²) >= 11 is 0. The predicted molar refractivity (Wildman–Crippen MR) is 118 cm³/mol. The molecule has 158 valence electrons. The Morgan fingerprint density at radius 1 is 1.26 bits per heavy atom. The fourth-order valence-corrected chi connectivity index (χ4v) is 3.25. The van der Waals surface area contributed by atoms with Crippen molar-refractivity contribution in [3.63, 3.8) is 0 Å². The van der Waals surface area contributed by atoms with Crippen molar-refractivity contribution in [2.24, 2.45) is 7.05 Å². The van der Waals surface area contributed by atoms with Crippen LogP contribution in [0.2, 0.25) is 0 Å². The van der Waals surface area contributed by atoms with Crippen LogP contribution in [0.25, 0.3) is 33.5 Å². The van der Waals surface area contributed by atoms with Crippen LogP contribution in [-0.2, 0) is 12.6 Å². The molecule has 0 aliphatic carbocycles. The van der Waals surface area contributed by atoms with E-state index in [0.29, 0.717) is 24.6 Å². The molecule has 0 aliphatic rings. The van der Waals surface area contributed by atoms with Gasteiger partial charge >= 0.3 is 0 Å². The zero-order valence-corrected chi connectivity index (χ0v) is 17.7. The Morgan fingerprint density at radius 3 is 2.87 bits per heavy atom. The molecule has 4 aromatic rings. The van der Waals surface area contributed by atoms with Crippen LogP contribution in [0.1, 0.15) is 20.3 Å². The number of aliphatic hydroxyl groups excluding tert-OH is 1. The summed E-state index contributed by atoms with van der Waals surface area (Å²) in [6, 6.07) is 7.94. The molecule has 0 saturated heterocycles. The molecule has 4 aromatic heterocycles. The number of anilines is 1. The van der Waals surface area contributed by atoms with Gasteiger partial charge in [0.1, 0.15) is 5.69 Å². The van der Waals surface area contributed by atoms with Gasteiger partial charge in [-0.1, -0.05) is 0 Å². The molecular formula is C22H24N8O.